The first-order chi connectivity index (χ1) is 15.0. The molecule has 0 spiro atoms. The van der Waals surface area contributed by atoms with Crippen molar-refractivity contribution in [1.82, 2.24) is 0 Å². The zero-order chi connectivity index (χ0) is 22.6. The van der Waals surface area contributed by atoms with Crippen LogP contribution < -0.4 is 0 Å². The number of esters is 4. The third-order valence-corrected chi connectivity index (χ3v) is 6.03. The minimum Gasteiger partial charge on any atom is -0.469 e. The van der Waals surface area contributed by atoms with Crippen molar-refractivity contribution < 1.29 is 42.9 Å². The van der Waals surface area contributed by atoms with E-state index in [1.807, 2.05) is 0 Å². The van der Waals surface area contributed by atoms with Crippen LogP contribution in [0.25, 0.3) is 0 Å². The van der Waals surface area contributed by atoms with Gasteiger partial charge in [-0.2, -0.15) is 0 Å². The molecule has 0 amide bonds. The molecule has 0 aromatic heterocycles. The van der Waals surface area contributed by atoms with E-state index in [0.717, 1.165) is 25.7 Å². The third kappa shape index (κ3) is 8.12. The molecule has 2 aliphatic carbocycles. The van der Waals surface area contributed by atoms with E-state index < -0.39 is 0 Å². The molecule has 0 radical (unpaired) electrons. The van der Waals surface area contributed by atoms with Gasteiger partial charge in [-0.3, -0.25) is 19.2 Å². The molecule has 31 heavy (non-hydrogen) atoms. The maximum absolute atomic E-state index is 12.2. The van der Waals surface area contributed by atoms with Crippen molar-refractivity contribution in [3.63, 3.8) is 0 Å². The molecule has 0 bridgehead atoms. The van der Waals surface area contributed by atoms with E-state index in [0.29, 0.717) is 25.7 Å². The Morgan fingerprint density at radius 2 is 0.935 bits per heavy atom. The average Bonchev–Trinajstić information content (AvgIpc) is 2.82. The summed E-state index contributed by atoms with van der Waals surface area (Å²) in [5.41, 5.74) is 0. The van der Waals surface area contributed by atoms with Gasteiger partial charge in [-0.05, 0) is 38.5 Å². The molecule has 0 aliphatic heterocycles. The predicted octanol–water partition coefficient (Wildman–Crippen LogP) is 2.05. The van der Waals surface area contributed by atoms with Crippen LogP contribution >= 0.6 is 0 Å². The van der Waals surface area contributed by atoms with Gasteiger partial charge in [0.15, 0.2) is 0 Å². The van der Waals surface area contributed by atoms with Gasteiger partial charge in [0.25, 0.3) is 0 Å². The zero-order valence-electron chi connectivity index (χ0n) is 18.5. The molecule has 176 valence electrons. The van der Waals surface area contributed by atoms with E-state index in [9.17, 15) is 19.2 Å². The van der Waals surface area contributed by atoms with Gasteiger partial charge in [-0.25, -0.2) is 0 Å². The summed E-state index contributed by atoms with van der Waals surface area (Å²) in [6, 6.07) is 0. The summed E-state index contributed by atoms with van der Waals surface area (Å²) in [4.78, 5) is 47.7. The molecule has 2 fully saturated rings. The largest absolute Gasteiger partial charge is 0.469 e. The van der Waals surface area contributed by atoms with Crippen LogP contribution in [0.4, 0.5) is 0 Å². The van der Waals surface area contributed by atoms with E-state index in [4.69, 9.17) is 23.7 Å². The molecular formula is C22H34O9. The van der Waals surface area contributed by atoms with E-state index in [1.54, 1.807) is 0 Å². The van der Waals surface area contributed by atoms with E-state index in [1.165, 1.54) is 14.2 Å². The Labute approximate surface area is 183 Å². The Kier molecular flexibility index (Phi) is 10.8. The number of hydrogen-bond donors (Lipinski definition) is 0. The quantitative estimate of drug-likeness (QED) is 0.285. The van der Waals surface area contributed by atoms with Crippen LogP contribution in [0.5, 0.6) is 0 Å². The second kappa shape index (κ2) is 13.3. The van der Waals surface area contributed by atoms with E-state index in [-0.39, 0.29) is 74.0 Å². The van der Waals surface area contributed by atoms with Gasteiger partial charge in [-0.1, -0.05) is 12.8 Å². The number of hydrogen-bond acceptors (Lipinski definition) is 9. The van der Waals surface area contributed by atoms with Crippen molar-refractivity contribution in [2.45, 2.75) is 51.4 Å². The lowest BCUT2D eigenvalue weighted by molar-refractivity contribution is -0.155. The van der Waals surface area contributed by atoms with Gasteiger partial charge in [-0.15, -0.1) is 0 Å². The number of rotatable bonds is 10. The lowest BCUT2D eigenvalue weighted by atomic mass is 9.81. The first-order valence-electron chi connectivity index (χ1n) is 11.0. The summed E-state index contributed by atoms with van der Waals surface area (Å²) in [5.74, 6) is -2.24. The highest BCUT2D eigenvalue weighted by Crippen LogP contribution is 2.31. The highest BCUT2D eigenvalue weighted by Gasteiger charge is 2.33. The fourth-order valence-corrected chi connectivity index (χ4v) is 4.31. The van der Waals surface area contributed by atoms with Crippen molar-refractivity contribution >= 4 is 23.9 Å². The van der Waals surface area contributed by atoms with Crippen LogP contribution in [0, 0.1) is 23.7 Å². The molecule has 0 N–H and O–H groups in total. The second-order valence-electron chi connectivity index (χ2n) is 8.11. The average molecular weight is 443 g/mol. The second-order valence-corrected chi connectivity index (χ2v) is 8.11. The lowest BCUT2D eigenvalue weighted by Crippen LogP contribution is -2.30. The normalized spacial score (nSPS) is 25.9. The molecule has 9 nitrogen and oxygen atoms in total. The topological polar surface area (TPSA) is 114 Å². The van der Waals surface area contributed by atoms with Crippen molar-refractivity contribution in [3.8, 4) is 0 Å². The summed E-state index contributed by atoms with van der Waals surface area (Å²) in [7, 11) is 2.71. The monoisotopic (exact) mass is 442 g/mol. The highest BCUT2D eigenvalue weighted by molar-refractivity contribution is 5.77. The Hall–Kier alpha value is -2.16. The van der Waals surface area contributed by atoms with Gasteiger partial charge in [0.05, 0.1) is 51.1 Å². The smallest absolute Gasteiger partial charge is 0.309 e. The Bertz CT molecular complexity index is 566. The molecule has 4 atom stereocenters. The van der Waals surface area contributed by atoms with Crippen LogP contribution in [-0.2, 0) is 42.9 Å². The number of ether oxygens (including phenoxy) is 5. The van der Waals surface area contributed by atoms with Gasteiger partial charge in [0, 0.05) is 0 Å². The first kappa shape index (κ1) is 25.1. The fraction of sp³-hybridized carbons (Fsp3) is 0.818. The van der Waals surface area contributed by atoms with Crippen LogP contribution in [0.3, 0.4) is 0 Å². The van der Waals surface area contributed by atoms with Gasteiger partial charge in [0.2, 0.25) is 0 Å². The standard InChI is InChI=1S/C22H34O9/c1-27-19(23)15-5-3-7-17(13-15)21(25)30-11-9-29-10-12-31-22(26)18-8-4-6-16(14-18)20(24)28-2/h15-18H,3-14H2,1-2H3/t15-,16+,17+,18-. The Balaban J connectivity index is 1.54. The summed E-state index contributed by atoms with van der Waals surface area (Å²) in [6.45, 7) is 0.611. The molecule has 0 heterocycles. The summed E-state index contributed by atoms with van der Waals surface area (Å²) in [6.07, 6.45) is 5.40. The van der Waals surface area contributed by atoms with Crippen molar-refractivity contribution in [2.24, 2.45) is 23.7 Å². The van der Waals surface area contributed by atoms with Gasteiger partial charge < -0.3 is 23.7 Å². The van der Waals surface area contributed by atoms with Crippen molar-refractivity contribution in [1.29, 1.82) is 0 Å². The SMILES string of the molecule is COC(=O)[C@@H]1CCC[C@H](C(=O)OCCOCCOC(=O)[C@@H]2CCC[C@H](C(=O)OC)C2)C1. The van der Waals surface area contributed by atoms with Crippen LogP contribution in [0.2, 0.25) is 0 Å². The fourth-order valence-electron chi connectivity index (χ4n) is 4.31. The minimum atomic E-state index is -0.318. The predicted molar refractivity (Wildman–Crippen MR) is 108 cm³/mol. The van der Waals surface area contributed by atoms with Crippen molar-refractivity contribution in [3.05, 3.63) is 0 Å². The molecule has 2 rings (SSSR count). The Morgan fingerprint density at radius 1 is 0.581 bits per heavy atom. The molecule has 9 heteroatoms. The van der Waals surface area contributed by atoms with Crippen LogP contribution in [0.1, 0.15) is 51.4 Å². The summed E-state index contributed by atoms with van der Waals surface area (Å²) < 4.78 is 25.4. The lowest BCUT2D eigenvalue weighted by Gasteiger charge is -2.26. The maximum atomic E-state index is 12.2. The maximum Gasteiger partial charge on any atom is 0.309 e. The molecule has 0 unspecified atom stereocenters. The van der Waals surface area contributed by atoms with Gasteiger partial charge in [0.1, 0.15) is 13.2 Å². The van der Waals surface area contributed by atoms with Crippen molar-refractivity contribution in [2.75, 3.05) is 40.6 Å². The Morgan fingerprint density at radius 3 is 1.29 bits per heavy atom. The molecular weight excluding hydrogens is 408 g/mol. The molecule has 0 saturated heterocycles. The molecule has 2 aliphatic rings. The number of carbonyl (C=O) groups is 4. The van der Waals surface area contributed by atoms with E-state index >= 15 is 0 Å². The zero-order valence-corrected chi connectivity index (χ0v) is 18.5. The number of methoxy groups -OCH3 is 2. The van der Waals surface area contributed by atoms with Crippen LogP contribution in [-0.4, -0.2) is 64.5 Å². The summed E-state index contributed by atoms with van der Waals surface area (Å²) in [5, 5.41) is 0. The highest BCUT2D eigenvalue weighted by atomic mass is 16.6. The third-order valence-electron chi connectivity index (χ3n) is 6.03. The van der Waals surface area contributed by atoms with E-state index in [2.05, 4.69) is 0 Å². The molecule has 2 saturated carbocycles. The molecule has 0 aromatic carbocycles. The minimum absolute atomic E-state index is 0.107. The van der Waals surface area contributed by atoms with Gasteiger partial charge >= 0.3 is 23.9 Å². The molecule has 0 aromatic rings. The number of carbonyl (C=O) groups excluding carboxylic acids is 4. The van der Waals surface area contributed by atoms with Crippen LogP contribution in [0.15, 0.2) is 0 Å². The first-order valence-corrected chi connectivity index (χ1v) is 11.0. The summed E-state index contributed by atoms with van der Waals surface area (Å²) >= 11 is 0.